The summed E-state index contributed by atoms with van der Waals surface area (Å²) in [6.07, 6.45) is 3.54. The second-order valence-electron chi connectivity index (χ2n) is 8.95. The molecule has 0 radical (unpaired) electrons. The SMILES string of the molecule is CC.Clc1cccc(-c2cnc3ccc(Cl)nn23)c1.Clc1cccc(-c2cnc3ccc(OCc4ccccc4)nn23)c1. The van der Waals surface area contributed by atoms with Gasteiger partial charge in [0.25, 0.3) is 0 Å². The molecule has 3 aromatic carbocycles. The number of imidazole rings is 2. The largest absolute Gasteiger partial charge is 0.472 e. The Morgan fingerprint density at radius 1 is 0.605 bits per heavy atom. The third kappa shape index (κ3) is 7.32. The molecule has 0 spiro atoms. The lowest BCUT2D eigenvalue weighted by Gasteiger charge is -2.07. The van der Waals surface area contributed by atoms with Gasteiger partial charge in [0.2, 0.25) is 5.88 Å². The molecule has 7 rings (SSSR count). The molecule has 0 saturated heterocycles. The van der Waals surface area contributed by atoms with Crippen LogP contribution in [0.1, 0.15) is 19.4 Å². The molecule has 0 unspecified atom stereocenters. The van der Waals surface area contributed by atoms with Gasteiger partial charge < -0.3 is 4.74 Å². The lowest BCUT2D eigenvalue weighted by molar-refractivity contribution is 0.289. The predicted molar refractivity (Wildman–Crippen MR) is 174 cm³/mol. The van der Waals surface area contributed by atoms with Crippen molar-refractivity contribution in [2.75, 3.05) is 0 Å². The van der Waals surface area contributed by atoms with E-state index in [0.29, 0.717) is 27.7 Å². The van der Waals surface area contributed by atoms with Crippen molar-refractivity contribution in [1.82, 2.24) is 29.2 Å². The number of halogens is 3. The normalized spacial score (nSPS) is 10.5. The Morgan fingerprint density at radius 3 is 1.74 bits per heavy atom. The van der Waals surface area contributed by atoms with E-state index in [1.165, 1.54) is 0 Å². The van der Waals surface area contributed by atoms with E-state index < -0.39 is 0 Å². The van der Waals surface area contributed by atoms with Gasteiger partial charge in [-0.1, -0.05) is 103 Å². The highest BCUT2D eigenvalue weighted by molar-refractivity contribution is 6.31. The lowest BCUT2D eigenvalue weighted by atomic mass is 10.2. The Bertz CT molecular complexity index is 1960. The summed E-state index contributed by atoms with van der Waals surface area (Å²) < 4.78 is 9.27. The van der Waals surface area contributed by atoms with Crippen LogP contribution in [0.4, 0.5) is 0 Å². The van der Waals surface area contributed by atoms with E-state index in [1.54, 1.807) is 27.5 Å². The first-order valence-corrected chi connectivity index (χ1v) is 14.7. The van der Waals surface area contributed by atoms with Crippen molar-refractivity contribution in [3.05, 3.63) is 136 Å². The second kappa shape index (κ2) is 14.2. The number of benzene rings is 3. The first-order chi connectivity index (χ1) is 21.0. The molecule has 0 saturated carbocycles. The van der Waals surface area contributed by atoms with Crippen LogP contribution in [0.2, 0.25) is 15.2 Å². The average molecular weight is 630 g/mol. The third-order valence-electron chi connectivity index (χ3n) is 6.14. The zero-order chi connectivity index (χ0) is 30.2. The van der Waals surface area contributed by atoms with Gasteiger partial charge >= 0.3 is 0 Å². The van der Waals surface area contributed by atoms with Gasteiger partial charge in [-0.15, -0.1) is 5.10 Å². The van der Waals surface area contributed by atoms with E-state index in [-0.39, 0.29) is 0 Å². The van der Waals surface area contributed by atoms with Crippen molar-refractivity contribution >= 4 is 46.1 Å². The first-order valence-electron chi connectivity index (χ1n) is 13.6. The smallest absolute Gasteiger partial charge is 0.232 e. The second-order valence-corrected chi connectivity index (χ2v) is 10.2. The van der Waals surface area contributed by atoms with Crippen LogP contribution < -0.4 is 4.74 Å². The maximum atomic E-state index is 6.09. The summed E-state index contributed by atoms with van der Waals surface area (Å²) in [5.41, 5.74) is 6.27. The molecule has 0 bridgehead atoms. The van der Waals surface area contributed by atoms with Crippen LogP contribution in [0.3, 0.4) is 0 Å². The number of nitrogens with zero attached hydrogens (tertiary/aromatic N) is 6. The molecule has 0 aliphatic carbocycles. The summed E-state index contributed by atoms with van der Waals surface area (Å²) in [6, 6.07) is 32.4. The van der Waals surface area contributed by atoms with E-state index in [4.69, 9.17) is 39.5 Å². The highest BCUT2D eigenvalue weighted by Crippen LogP contribution is 2.25. The van der Waals surface area contributed by atoms with Crippen LogP contribution in [-0.2, 0) is 6.61 Å². The van der Waals surface area contributed by atoms with Crippen molar-refractivity contribution in [2.24, 2.45) is 0 Å². The summed E-state index contributed by atoms with van der Waals surface area (Å²) in [6.45, 7) is 4.47. The minimum Gasteiger partial charge on any atom is -0.472 e. The minimum absolute atomic E-state index is 0.429. The Morgan fingerprint density at radius 2 is 1.16 bits per heavy atom. The van der Waals surface area contributed by atoms with Gasteiger partial charge in [0.1, 0.15) is 11.8 Å². The van der Waals surface area contributed by atoms with E-state index >= 15 is 0 Å². The van der Waals surface area contributed by atoms with Gasteiger partial charge in [-0.05, 0) is 48.0 Å². The number of hydrogen-bond donors (Lipinski definition) is 0. The highest BCUT2D eigenvalue weighted by atomic mass is 35.5. The summed E-state index contributed by atoms with van der Waals surface area (Å²) >= 11 is 17.9. The van der Waals surface area contributed by atoms with Crippen LogP contribution in [-0.4, -0.2) is 29.2 Å². The maximum Gasteiger partial charge on any atom is 0.232 e. The first kappa shape index (κ1) is 30.0. The van der Waals surface area contributed by atoms with E-state index in [0.717, 1.165) is 39.4 Å². The van der Waals surface area contributed by atoms with Gasteiger partial charge in [0, 0.05) is 27.2 Å². The van der Waals surface area contributed by atoms with Crippen LogP contribution in [0, 0.1) is 0 Å². The zero-order valence-corrected chi connectivity index (χ0v) is 25.7. The molecule has 0 amide bonds. The molecule has 10 heteroatoms. The van der Waals surface area contributed by atoms with Crippen molar-refractivity contribution in [3.8, 4) is 28.4 Å². The van der Waals surface area contributed by atoms with Crippen LogP contribution in [0.5, 0.6) is 5.88 Å². The minimum atomic E-state index is 0.429. The van der Waals surface area contributed by atoms with Crippen molar-refractivity contribution < 1.29 is 4.74 Å². The molecule has 43 heavy (non-hydrogen) atoms. The molecule has 4 aromatic heterocycles. The Kier molecular flexibility index (Phi) is 9.89. The lowest BCUT2D eigenvalue weighted by Crippen LogP contribution is -2.01. The van der Waals surface area contributed by atoms with Crippen LogP contribution in [0.15, 0.2) is 116 Å². The molecule has 0 fully saturated rings. The van der Waals surface area contributed by atoms with E-state index in [2.05, 4.69) is 20.2 Å². The Labute approximate surface area is 264 Å². The van der Waals surface area contributed by atoms with Gasteiger partial charge in [-0.3, -0.25) is 0 Å². The number of fused-ring (bicyclic) bond motifs is 2. The molecule has 0 aliphatic heterocycles. The fourth-order valence-corrected chi connectivity index (χ4v) is 4.72. The van der Waals surface area contributed by atoms with Crippen LogP contribution >= 0.6 is 34.8 Å². The fraction of sp³-hybridized carbons (Fsp3) is 0.0909. The predicted octanol–water partition coefficient (Wildman–Crippen LogP) is 9.36. The van der Waals surface area contributed by atoms with Gasteiger partial charge in [0.15, 0.2) is 11.3 Å². The number of ether oxygens (including phenoxy) is 1. The Hall–Kier alpha value is -4.43. The van der Waals surface area contributed by atoms with E-state index in [1.807, 2.05) is 111 Å². The summed E-state index contributed by atoms with van der Waals surface area (Å²) in [4.78, 5) is 8.65. The van der Waals surface area contributed by atoms with Gasteiger partial charge in [-0.2, -0.15) is 5.10 Å². The Balaban J connectivity index is 0.000000170. The number of rotatable bonds is 5. The summed E-state index contributed by atoms with van der Waals surface area (Å²) in [5, 5.41) is 10.6. The molecule has 216 valence electrons. The summed E-state index contributed by atoms with van der Waals surface area (Å²) in [5.74, 6) is 0.549. The molecule has 0 N–H and O–H groups in total. The standard InChI is InChI=1S/C19H14ClN3O.C12H7Cl2N3.C2H6/c20-16-8-4-7-15(11-16)17-12-21-18-9-10-19(22-23(17)18)24-13-14-5-2-1-3-6-14;13-9-3-1-2-8(6-9)10-7-15-12-5-4-11(14)16-17(10)12;1-2/h1-12H,13H2;1-7H;1-2H3. The van der Waals surface area contributed by atoms with Crippen molar-refractivity contribution in [1.29, 1.82) is 0 Å². The van der Waals surface area contributed by atoms with Gasteiger partial charge in [-0.25, -0.2) is 19.0 Å². The number of aromatic nitrogens is 6. The van der Waals surface area contributed by atoms with Gasteiger partial charge in [0.05, 0.1) is 23.8 Å². The van der Waals surface area contributed by atoms with Crippen LogP contribution in [0.25, 0.3) is 33.8 Å². The molecule has 7 aromatic rings. The molecule has 7 nitrogen and oxygen atoms in total. The fourth-order valence-electron chi connectivity index (χ4n) is 4.21. The molecule has 4 heterocycles. The van der Waals surface area contributed by atoms with E-state index in [9.17, 15) is 0 Å². The number of hydrogen-bond acceptors (Lipinski definition) is 5. The highest BCUT2D eigenvalue weighted by Gasteiger charge is 2.10. The monoisotopic (exact) mass is 628 g/mol. The molecule has 0 aliphatic rings. The molecule has 0 atom stereocenters. The van der Waals surface area contributed by atoms with Crippen molar-refractivity contribution in [3.63, 3.8) is 0 Å². The molecular formula is C33H27Cl3N6O. The van der Waals surface area contributed by atoms with Crippen molar-refractivity contribution in [2.45, 2.75) is 20.5 Å². The maximum absolute atomic E-state index is 6.09. The quantitative estimate of drug-likeness (QED) is 0.190. The summed E-state index contributed by atoms with van der Waals surface area (Å²) in [7, 11) is 0. The average Bonchev–Trinajstić information content (AvgIpc) is 3.66. The topological polar surface area (TPSA) is 69.6 Å². The third-order valence-corrected chi connectivity index (χ3v) is 6.81. The molecular weight excluding hydrogens is 603 g/mol. The zero-order valence-electron chi connectivity index (χ0n) is 23.4.